The van der Waals surface area contributed by atoms with Crippen LogP contribution in [0, 0.1) is 5.92 Å². The first kappa shape index (κ1) is 21.0. The van der Waals surface area contributed by atoms with Gasteiger partial charge in [-0.15, -0.1) is 0 Å². The third kappa shape index (κ3) is 4.61. The number of carbonyl (C=O) groups excluding carboxylic acids is 1. The second-order valence-corrected chi connectivity index (χ2v) is 7.93. The number of methoxy groups -OCH3 is 1. The SMILES string of the molecule is COc1ccc(-n2nccn2)c(C(=O)N2CCCC(C)C2CNc2ncc(Cl)cn2)c1. The number of ether oxygens (including phenoxy) is 1. The Morgan fingerprint density at radius 1 is 1.26 bits per heavy atom. The van der Waals surface area contributed by atoms with Gasteiger partial charge in [0.25, 0.3) is 5.91 Å². The minimum absolute atomic E-state index is 0.0230. The Kier molecular flexibility index (Phi) is 6.31. The first-order chi connectivity index (χ1) is 15.1. The summed E-state index contributed by atoms with van der Waals surface area (Å²) in [5, 5.41) is 12.1. The summed E-state index contributed by atoms with van der Waals surface area (Å²) in [7, 11) is 1.58. The summed E-state index contributed by atoms with van der Waals surface area (Å²) in [6, 6.07) is 5.32. The van der Waals surface area contributed by atoms with Crippen molar-refractivity contribution < 1.29 is 9.53 Å². The molecule has 162 valence electrons. The van der Waals surface area contributed by atoms with E-state index in [1.54, 1.807) is 50.1 Å². The Morgan fingerprint density at radius 3 is 2.71 bits per heavy atom. The largest absolute Gasteiger partial charge is 0.497 e. The maximum absolute atomic E-state index is 13.7. The van der Waals surface area contributed by atoms with E-state index in [1.807, 2.05) is 4.90 Å². The van der Waals surface area contributed by atoms with Crippen LogP contribution in [0.15, 0.2) is 43.0 Å². The van der Waals surface area contributed by atoms with E-state index in [0.717, 1.165) is 12.8 Å². The van der Waals surface area contributed by atoms with Gasteiger partial charge in [-0.05, 0) is 37.0 Å². The van der Waals surface area contributed by atoms with Crippen molar-refractivity contribution in [1.82, 2.24) is 29.9 Å². The lowest BCUT2D eigenvalue weighted by atomic mass is 9.90. The molecule has 0 saturated carbocycles. The average molecular weight is 442 g/mol. The van der Waals surface area contributed by atoms with E-state index in [0.29, 0.717) is 47.0 Å². The van der Waals surface area contributed by atoms with Gasteiger partial charge >= 0.3 is 0 Å². The number of hydrogen-bond acceptors (Lipinski definition) is 7. The highest BCUT2D eigenvalue weighted by Crippen LogP contribution is 2.28. The molecule has 0 radical (unpaired) electrons. The van der Waals surface area contributed by atoms with Crippen LogP contribution < -0.4 is 10.1 Å². The van der Waals surface area contributed by atoms with Crippen LogP contribution in [0.25, 0.3) is 5.69 Å². The van der Waals surface area contributed by atoms with E-state index in [2.05, 4.69) is 32.4 Å². The highest BCUT2D eigenvalue weighted by molar-refractivity contribution is 6.30. The number of rotatable bonds is 6. The molecule has 0 aliphatic carbocycles. The summed E-state index contributed by atoms with van der Waals surface area (Å²) in [5.74, 6) is 1.32. The molecule has 1 aliphatic heterocycles. The number of halogens is 1. The standard InChI is InChI=1S/C21H24ClN7O2/c1-14-4-3-9-28(19(14)13-25-21-23-11-15(22)12-24-21)20(30)17-10-16(31-2)5-6-18(17)29-26-7-8-27-29/h5-8,10-12,14,19H,3-4,9,13H2,1-2H3,(H,23,24,25). The van der Waals surface area contributed by atoms with Gasteiger partial charge in [0.05, 0.1) is 54.2 Å². The quantitative estimate of drug-likeness (QED) is 0.627. The average Bonchev–Trinajstić information content (AvgIpc) is 3.33. The van der Waals surface area contributed by atoms with E-state index in [-0.39, 0.29) is 11.9 Å². The van der Waals surface area contributed by atoms with Crippen molar-refractivity contribution in [2.75, 3.05) is 25.5 Å². The van der Waals surface area contributed by atoms with Crippen LogP contribution >= 0.6 is 11.6 Å². The zero-order valence-electron chi connectivity index (χ0n) is 17.4. The number of nitrogens with one attached hydrogen (secondary N) is 1. The van der Waals surface area contributed by atoms with Gasteiger partial charge in [0, 0.05) is 13.1 Å². The number of hydrogen-bond donors (Lipinski definition) is 1. The molecule has 31 heavy (non-hydrogen) atoms. The van der Waals surface area contributed by atoms with E-state index >= 15 is 0 Å². The molecule has 3 heterocycles. The van der Waals surface area contributed by atoms with Crippen LogP contribution in [-0.4, -0.2) is 62.0 Å². The molecule has 3 aromatic rings. The Morgan fingerprint density at radius 2 is 2.00 bits per heavy atom. The van der Waals surface area contributed by atoms with Crippen molar-refractivity contribution in [3.05, 3.63) is 53.6 Å². The molecule has 0 spiro atoms. The normalized spacial score (nSPS) is 18.6. The second kappa shape index (κ2) is 9.30. The fourth-order valence-electron chi connectivity index (χ4n) is 3.89. The molecule has 0 bridgehead atoms. The molecule has 2 unspecified atom stereocenters. The van der Waals surface area contributed by atoms with E-state index in [1.165, 1.54) is 4.80 Å². The molecule has 1 fully saturated rings. The highest BCUT2D eigenvalue weighted by atomic mass is 35.5. The van der Waals surface area contributed by atoms with E-state index in [9.17, 15) is 4.79 Å². The lowest BCUT2D eigenvalue weighted by molar-refractivity contribution is 0.0539. The first-order valence-electron chi connectivity index (χ1n) is 10.1. The van der Waals surface area contributed by atoms with E-state index < -0.39 is 0 Å². The third-order valence-electron chi connectivity index (χ3n) is 5.53. The van der Waals surface area contributed by atoms with Crippen molar-refractivity contribution in [3.8, 4) is 11.4 Å². The summed E-state index contributed by atoms with van der Waals surface area (Å²) in [5.41, 5.74) is 1.11. The second-order valence-electron chi connectivity index (χ2n) is 7.49. The van der Waals surface area contributed by atoms with Crippen molar-refractivity contribution in [2.24, 2.45) is 5.92 Å². The van der Waals surface area contributed by atoms with Gasteiger partial charge in [0.2, 0.25) is 5.95 Å². The number of aromatic nitrogens is 5. The summed E-state index contributed by atoms with van der Waals surface area (Å²) < 4.78 is 5.37. The van der Waals surface area contributed by atoms with Crippen molar-refractivity contribution in [3.63, 3.8) is 0 Å². The first-order valence-corrected chi connectivity index (χ1v) is 10.5. The number of carbonyl (C=O) groups is 1. The predicted molar refractivity (Wildman–Crippen MR) is 117 cm³/mol. The minimum Gasteiger partial charge on any atom is -0.497 e. The highest BCUT2D eigenvalue weighted by Gasteiger charge is 2.33. The molecule has 1 saturated heterocycles. The summed E-state index contributed by atoms with van der Waals surface area (Å²) >= 11 is 5.87. The molecule has 1 aliphatic rings. The van der Waals surface area contributed by atoms with Crippen molar-refractivity contribution in [2.45, 2.75) is 25.8 Å². The number of anilines is 1. The fourth-order valence-corrected chi connectivity index (χ4v) is 3.99. The van der Waals surface area contributed by atoms with Crippen LogP contribution in [0.4, 0.5) is 5.95 Å². The molecule has 1 aromatic carbocycles. The van der Waals surface area contributed by atoms with E-state index in [4.69, 9.17) is 16.3 Å². The fraction of sp³-hybridized carbons (Fsp3) is 0.381. The molecule has 1 N–H and O–H groups in total. The number of nitrogens with zero attached hydrogens (tertiary/aromatic N) is 6. The van der Waals surface area contributed by atoms with Gasteiger partial charge in [-0.1, -0.05) is 18.5 Å². The van der Waals surface area contributed by atoms with Crippen LogP contribution in [0.2, 0.25) is 5.02 Å². The molecule has 2 aromatic heterocycles. The number of benzene rings is 1. The summed E-state index contributed by atoms with van der Waals surface area (Å²) in [4.78, 5) is 25.5. The van der Waals surface area contributed by atoms with Crippen molar-refractivity contribution in [1.29, 1.82) is 0 Å². The molecule has 2 atom stereocenters. The number of piperidine rings is 1. The molecule has 10 heteroatoms. The number of amides is 1. The Labute approximate surface area is 185 Å². The maximum atomic E-state index is 13.7. The monoisotopic (exact) mass is 441 g/mol. The smallest absolute Gasteiger partial charge is 0.256 e. The summed E-state index contributed by atoms with van der Waals surface area (Å²) in [6.45, 7) is 3.37. The van der Waals surface area contributed by atoms with Crippen molar-refractivity contribution >= 4 is 23.5 Å². The van der Waals surface area contributed by atoms with Crippen LogP contribution in [0.3, 0.4) is 0 Å². The Hall–Kier alpha value is -3.20. The molecular weight excluding hydrogens is 418 g/mol. The van der Waals surface area contributed by atoms with Crippen LogP contribution in [0.5, 0.6) is 5.75 Å². The summed E-state index contributed by atoms with van der Waals surface area (Å²) in [6.07, 6.45) is 8.25. The molecule has 9 nitrogen and oxygen atoms in total. The zero-order valence-corrected chi connectivity index (χ0v) is 18.2. The van der Waals surface area contributed by atoms with Gasteiger partial charge in [0.15, 0.2) is 0 Å². The maximum Gasteiger partial charge on any atom is 0.256 e. The van der Waals surface area contributed by atoms with Gasteiger partial charge in [-0.25, -0.2) is 9.97 Å². The molecule has 1 amide bonds. The topological polar surface area (TPSA) is 98.1 Å². The van der Waals surface area contributed by atoms with Gasteiger partial charge in [0.1, 0.15) is 5.75 Å². The third-order valence-corrected chi connectivity index (χ3v) is 5.73. The number of likely N-dealkylation sites (tertiary alicyclic amines) is 1. The van der Waals surface area contributed by atoms with Crippen LogP contribution in [0.1, 0.15) is 30.1 Å². The van der Waals surface area contributed by atoms with Gasteiger partial charge in [-0.3, -0.25) is 4.79 Å². The lowest BCUT2D eigenvalue weighted by Crippen LogP contribution is -2.51. The molecule has 4 rings (SSSR count). The lowest BCUT2D eigenvalue weighted by Gasteiger charge is -2.40. The van der Waals surface area contributed by atoms with Gasteiger partial charge < -0.3 is 15.0 Å². The van der Waals surface area contributed by atoms with Gasteiger partial charge in [-0.2, -0.15) is 15.0 Å². The minimum atomic E-state index is -0.0819. The van der Waals surface area contributed by atoms with Crippen LogP contribution in [-0.2, 0) is 0 Å². The molecular formula is C21H24ClN7O2. The Bertz CT molecular complexity index is 1030. The Balaban J connectivity index is 1.61. The predicted octanol–water partition coefficient (Wildman–Crippen LogP) is 3.07. The zero-order chi connectivity index (χ0) is 21.8.